The molecule has 0 aromatic heterocycles. The van der Waals surface area contributed by atoms with E-state index in [9.17, 15) is 0 Å². The topological polar surface area (TPSA) is 51.0 Å². The van der Waals surface area contributed by atoms with E-state index in [0.717, 1.165) is 8.95 Å². The monoisotopic (exact) mass is 379 g/mol. The van der Waals surface area contributed by atoms with Gasteiger partial charge in [-0.2, -0.15) is 0 Å². The number of oxime groups is 1. The zero-order chi connectivity index (χ0) is 13.7. The van der Waals surface area contributed by atoms with E-state index in [4.69, 9.17) is 14.7 Å². The highest BCUT2D eigenvalue weighted by Gasteiger charge is 2.17. The number of rotatable bonds is 5. The Kier molecular flexibility index (Phi) is 5.95. The standard InChI is InChI=1S/C12H15Br2NO3/c1-4-17-9-5-8(6-15-16)10(13)11(14)12(9)18-7(2)3/h5-7,16H,4H2,1-3H3. The van der Waals surface area contributed by atoms with E-state index in [0.29, 0.717) is 23.7 Å². The SMILES string of the molecule is CCOc1cc(C=NO)c(Br)c(Br)c1OC(C)C. The van der Waals surface area contributed by atoms with Gasteiger partial charge in [-0.15, -0.1) is 0 Å². The van der Waals surface area contributed by atoms with Gasteiger partial charge in [0.15, 0.2) is 11.5 Å². The number of hydrogen-bond acceptors (Lipinski definition) is 4. The molecule has 0 bridgehead atoms. The number of ether oxygens (including phenoxy) is 2. The first-order valence-electron chi connectivity index (χ1n) is 5.50. The summed E-state index contributed by atoms with van der Waals surface area (Å²) < 4.78 is 12.8. The summed E-state index contributed by atoms with van der Waals surface area (Å²) in [6.45, 7) is 6.31. The van der Waals surface area contributed by atoms with Gasteiger partial charge in [-0.3, -0.25) is 0 Å². The van der Waals surface area contributed by atoms with Gasteiger partial charge in [-0.25, -0.2) is 0 Å². The van der Waals surface area contributed by atoms with Crippen molar-refractivity contribution in [3.63, 3.8) is 0 Å². The fraction of sp³-hybridized carbons (Fsp3) is 0.417. The first-order valence-corrected chi connectivity index (χ1v) is 7.08. The summed E-state index contributed by atoms with van der Waals surface area (Å²) in [5.74, 6) is 1.24. The summed E-state index contributed by atoms with van der Waals surface area (Å²) in [4.78, 5) is 0. The molecule has 6 heteroatoms. The van der Waals surface area contributed by atoms with Crippen molar-refractivity contribution >= 4 is 38.1 Å². The minimum atomic E-state index is 0.0322. The first-order chi connectivity index (χ1) is 8.51. The van der Waals surface area contributed by atoms with Crippen molar-refractivity contribution < 1.29 is 14.7 Å². The van der Waals surface area contributed by atoms with Gasteiger partial charge < -0.3 is 14.7 Å². The van der Waals surface area contributed by atoms with Crippen molar-refractivity contribution in [3.05, 3.63) is 20.6 Å². The lowest BCUT2D eigenvalue weighted by Crippen LogP contribution is -2.09. The Morgan fingerprint density at radius 2 is 2.06 bits per heavy atom. The van der Waals surface area contributed by atoms with E-state index < -0.39 is 0 Å². The second-order valence-electron chi connectivity index (χ2n) is 3.77. The van der Waals surface area contributed by atoms with Crippen LogP contribution in [-0.4, -0.2) is 24.1 Å². The van der Waals surface area contributed by atoms with Gasteiger partial charge in [0.1, 0.15) is 0 Å². The van der Waals surface area contributed by atoms with Crippen LogP contribution in [0, 0.1) is 0 Å². The molecule has 0 saturated heterocycles. The van der Waals surface area contributed by atoms with Crippen LogP contribution in [0.3, 0.4) is 0 Å². The predicted octanol–water partition coefficient (Wildman–Crippen LogP) is 4.21. The molecule has 0 aliphatic rings. The summed E-state index contributed by atoms with van der Waals surface area (Å²) in [6.07, 6.45) is 1.36. The minimum Gasteiger partial charge on any atom is -0.490 e. The molecular formula is C12H15Br2NO3. The highest BCUT2D eigenvalue weighted by atomic mass is 79.9. The quantitative estimate of drug-likeness (QED) is 0.473. The van der Waals surface area contributed by atoms with Gasteiger partial charge in [-0.05, 0) is 58.7 Å². The Morgan fingerprint density at radius 3 is 2.56 bits per heavy atom. The highest BCUT2D eigenvalue weighted by molar-refractivity contribution is 9.13. The van der Waals surface area contributed by atoms with Gasteiger partial charge in [0, 0.05) is 10.0 Å². The van der Waals surface area contributed by atoms with Gasteiger partial charge in [0.2, 0.25) is 0 Å². The molecule has 0 atom stereocenters. The molecule has 1 N–H and O–H groups in total. The van der Waals surface area contributed by atoms with Crippen LogP contribution in [0.15, 0.2) is 20.2 Å². The average Bonchev–Trinajstić information content (AvgIpc) is 2.31. The molecule has 0 amide bonds. The first kappa shape index (κ1) is 15.3. The van der Waals surface area contributed by atoms with Crippen LogP contribution in [0.1, 0.15) is 26.3 Å². The number of nitrogens with zero attached hydrogens (tertiary/aromatic N) is 1. The van der Waals surface area contributed by atoms with Crippen molar-refractivity contribution in [2.24, 2.45) is 5.16 Å². The van der Waals surface area contributed by atoms with Crippen LogP contribution in [0.25, 0.3) is 0 Å². The Labute approximate surface area is 123 Å². The lowest BCUT2D eigenvalue weighted by atomic mass is 10.2. The Bertz CT molecular complexity index is 447. The Hall–Kier alpha value is -0.750. The van der Waals surface area contributed by atoms with E-state index in [1.807, 2.05) is 20.8 Å². The van der Waals surface area contributed by atoms with Crippen molar-refractivity contribution in [2.45, 2.75) is 26.9 Å². The third kappa shape index (κ3) is 3.62. The largest absolute Gasteiger partial charge is 0.490 e. The van der Waals surface area contributed by atoms with Crippen LogP contribution in [0.5, 0.6) is 11.5 Å². The zero-order valence-electron chi connectivity index (χ0n) is 10.4. The molecule has 0 fully saturated rings. The molecule has 0 unspecified atom stereocenters. The van der Waals surface area contributed by atoms with Crippen LogP contribution >= 0.6 is 31.9 Å². The fourth-order valence-electron chi connectivity index (χ4n) is 1.37. The van der Waals surface area contributed by atoms with Gasteiger partial charge in [0.25, 0.3) is 0 Å². The third-order valence-electron chi connectivity index (χ3n) is 2.01. The molecular weight excluding hydrogens is 366 g/mol. The van der Waals surface area contributed by atoms with Crippen LogP contribution in [0.4, 0.5) is 0 Å². The Balaban J connectivity index is 3.34. The molecule has 4 nitrogen and oxygen atoms in total. The maximum Gasteiger partial charge on any atom is 0.176 e. The second kappa shape index (κ2) is 6.99. The van der Waals surface area contributed by atoms with Gasteiger partial charge >= 0.3 is 0 Å². The van der Waals surface area contributed by atoms with Crippen molar-refractivity contribution in [2.75, 3.05) is 6.61 Å². The Morgan fingerprint density at radius 1 is 1.39 bits per heavy atom. The normalized spacial score (nSPS) is 11.2. The van der Waals surface area contributed by atoms with Crippen molar-refractivity contribution in [1.29, 1.82) is 0 Å². The maximum atomic E-state index is 8.63. The molecule has 1 aromatic rings. The summed E-state index contributed by atoms with van der Waals surface area (Å²) in [5.41, 5.74) is 0.698. The maximum absolute atomic E-state index is 8.63. The highest BCUT2D eigenvalue weighted by Crippen LogP contribution is 2.42. The summed E-state index contributed by atoms with van der Waals surface area (Å²) in [7, 11) is 0. The lowest BCUT2D eigenvalue weighted by Gasteiger charge is -2.18. The summed E-state index contributed by atoms with van der Waals surface area (Å²) >= 11 is 6.88. The molecule has 0 radical (unpaired) electrons. The number of hydrogen-bond donors (Lipinski definition) is 1. The van der Waals surface area contributed by atoms with Crippen LogP contribution in [-0.2, 0) is 0 Å². The molecule has 0 spiro atoms. The van der Waals surface area contributed by atoms with Crippen molar-refractivity contribution in [3.8, 4) is 11.5 Å². The molecule has 0 aliphatic heterocycles. The van der Waals surface area contributed by atoms with Crippen LogP contribution in [0.2, 0.25) is 0 Å². The van der Waals surface area contributed by atoms with E-state index in [1.165, 1.54) is 6.21 Å². The average molecular weight is 381 g/mol. The summed E-state index contributed by atoms with van der Waals surface area (Å²) in [5, 5.41) is 11.7. The zero-order valence-corrected chi connectivity index (χ0v) is 13.6. The van der Waals surface area contributed by atoms with Gasteiger partial charge in [-0.1, -0.05) is 5.16 Å². The molecule has 18 heavy (non-hydrogen) atoms. The molecule has 0 saturated carbocycles. The van der Waals surface area contributed by atoms with E-state index in [-0.39, 0.29) is 6.10 Å². The van der Waals surface area contributed by atoms with Crippen LogP contribution < -0.4 is 9.47 Å². The summed E-state index contributed by atoms with van der Waals surface area (Å²) in [6, 6.07) is 1.76. The number of benzene rings is 1. The van der Waals surface area contributed by atoms with Crippen molar-refractivity contribution in [1.82, 2.24) is 0 Å². The third-order valence-corrected chi connectivity index (χ3v) is 4.15. The second-order valence-corrected chi connectivity index (χ2v) is 5.35. The molecule has 1 aromatic carbocycles. The smallest absolute Gasteiger partial charge is 0.176 e. The molecule has 0 aliphatic carbocycles. The van der Waals surface area contributed by atoms with E-state index in [1.54, 1.807) is 6.07 Å². The predicted molar refractivity (Wildman–Crippen MR) is 78.2 cm³/mol. The van der Waals surface area contributed by atoms with E-state index in [2.05, 4.69) is 37.0 Å². The van der Waals surface area contributed by atoms with E-state index >= 15 is 0 Å². The number of halogens is 2. The lowest BCUT2D eigenvalue weighted by molar-refractivity contribution is 0.222. The van der Waals surface area contributed by atoms with Gasteiger partial charge in [0.05, 0.1) is 23.4 Å². The molecule has 1 rings (SSSR count). The minimum absolute atomic E-state index is 0.0322. The molecule has 100 valence electrons. The fourth-order valence-corrected chi connectivity index (χ4v) is 2.28. The molecule has 0 heterocycles.